The molecule has 44 heavy (non-hydrogen) atoms. The minimum Gasteiger partial charge on any atom is -0.343 e. The number of fused-ring (bicyclic) bond motifs is 4. The molecule has 6 rings (SSSR count). The van der Waals surface area contributed by atoms with Crippen LogP contribution in [0.5, 0.6) is 0 Å². The molecular formula is C37H33F6N. The van der Waals surface area contributed by atoms with Crippen LogP contribution >= 0.6 is 0 Å². The Morgan fingerprint density at radius 3 is 1.68 bits per heavy atom. The summed E-state index contributed by atoms with van der Waals surface area (Å²) in [4.78, 5) is 0. The summed E-state index contributed by atoms with van der Waals surface area (Å²) in [5.41, 5.74) is 8.46. The van der Waals surface area contributed by atoms with Gasteiger partial charge in [-0.3, -0.25) is 0 Å². The van der Waals surface area contributed by atoms with Crippen molar-refractivity contribution in [3.05, 3.63) is 105 Å². The molecule has 0 spiro atoms. The van der Waals surface area contributed by atoms with E-state index in [4.69, 9.17) is 0 Å². The summed E-state index contributed by atoms with van der Waals surface area (Å²) in [5, 5.41) is 1.20. The van der Waals surface area contributed by atoms with E-state index in [0.717, 1.165) is 44.6 Å². The first-order valence-electron chi connectivity index (χ1n) is 14.5. The third-order valence-electron chi connectivity index (χ3n) is 9.94. The van der Waals surface area contributed by atoms with Crippen molar-refractivity contribution in [2.24, 2.45) is 7.05 Å². The second-order valence-electron chi connectivity index (χ2n) is 12.6. The molecule has 1 aliphatic carbocycles. The van der Waals surface area contributed by atoms with Crippen LogP contribution in [0.15, 0.2) is 54.6 Å². The van der Waals surface area contributed by atoms with Gasteiger partial charge in [0.2, 0.25) is 0 Å². The Labute approximate surface area is 253 Å². The number of para-hydroxylation sites is 1. The van der Waals surface area contributed by atoms with Crippen molar-refractivity contribution >= 4 is 10.9 Å². The summed E-state index contributed by atoms with van der Waals surface area (Å²) in [5.74, 6) is 0. The monoisotopic (exact) mass is 605 g/mol. The third kappa shape index (κ3) is 4.15. The second kappa shape index (κ2) is 9.50. The van der Waals surface area contributed by atoms with E-state index in [0.29, 0.717) is 23.3 Å². The zero-order chi connectivity index (χ0) is 32.3. The number of hydrogen-bond acceptors (Lipinski definition) is 0. The Bertz CT molecular complexity index is 1950. The molecule has 0 amide bonds. The van der Waals surface area contributed by atoms with E-state index in [1.165, 1.54) is 16.5 Å². The number of alkyl halides is 6. The molecule has 0 N–H and O–H groups in total. The molecule has 0 radical (unpaired) electrons. The van der Waals surface area contributed by atoms with E-state index < -0.39 is 28.9 Å². The molecule has 0 unspecified atom stereocenters. The Kier molecular flexibility index (Phi) is 6.49. The summed E-state index contributed by atoms with van der Waals surface area (Å²) in [6, 6.07) is 15.3. The van der Waals surface area contributed by atoms with Gasteiger partial charge in [-0.05, 0) is 120 Å². The molecule has 1 aromatic heterocycles. The molecule has 5 aromatic rings. The van der Waals surface area contributed by atoms with Gasteiger partial charge >= 0.3 is 12.4 Å². The summed E-state index contributed by atoms with van der Waals surface area (Å²) in [7, 11) is 2.08. The van der Waals surface area contributed by atoms with Gasteiger partial charge in [-0.25, -0.2) is 0 Å². The number of halogens is 6. The standard InChI is InChI=1S/C37H33F6N/c1-18-20(3)33(34-22(5)24-11-9-10-12-31(24)44(34)8)21(4)19(2)32(18)23-13-14-25-26-16-29(36(38,39)40)30(37(41,42)43)17-28(26)35(6,7)27(25)15-23/h9-17H,1-8H3. The van der Waals surface area contributed by atoms with E-state index in [2.05, 4.69) is 58.4 Å². The SMILES string of the molecule is Cc1c(C)c(-c2c(C)c3ccccc3n2C)c(C)c(C)c1-c1ccc2c(c1)C(C)(C)c1cc(C(F)(F)F)c(C(F)(F)F)cc1-2. The zero-order valence-electron chi connectivity index (χ0n) is 25.9. The van der Waals surface area contributed by atoms with Crippen molar-refractivity contribution in [2.45, 2.75) is 66.2 Å². The van der Waals surface area contributed by atoms with E-state index >= 15 is 0 Å². The Morgan fingerprint density at radius 2 is 1.11 bits per heavy atom. The molecule has 0 atom stereocenters. The van der Waals surface area contributed by atoms with Crippen molar-refractivity contribution in [3.8, 4) is 33.5 Å². The van der Waals surface area contributed by atoms with Crippen molar-refractivity contribution < 1.29 is 26.3 Å². The first-order chi connectivity index (χ1) is 20.4. The maximum Gasteiger partial charge on any atom is 0.417 e. The maximum absolute atomic E-state index is 13.8. The lowest BCUT2D eigenvalue weighted by Crippen LogP contribution is -2.20. The number of benzene rings is 4. The van der Waals surface area contributed by atoms with Crippen LogP contribution in [-0.2, 0) is 24.8 Å². The van der Waals surface area contributed by atoms with Gasteiger partial charge in [0.1, 0.15) is 0 Å². The van der Waals surface area contributed by atoms with Gasteiger partial charge in [0, 0.05) is 28.9 Å². The highest BCUT2D eigenvalue weighted by molar-refractivity contribution is 5.94. The molecule has 0 bridgehead atoms. The molecule has 1 aliphatic rings. The topological polar surface area (TPSA) is 4.93 Å². The predicted octanol–water partition coefficient (Wildman–Crippen LogP) is 11.4. The molecule has 0 aliphatic heterocycles. The summed E-state index contributed by atoms with van der Waals surface area (Å²) < 4.78 is 85.2. The fourth-order valence-electron chi connectivity index (χ4n) is 7.44. The lowest BCUT2D eigenvalue weighted by Gasteiger charge is -2.25. The largest absolute Gasteiger partial charge is 0.417 e. The van der Waals surface area contributed by atoms with Crippen LogP contribution in [0.25, 0.3) is 44.4 Å². The first-order valence-corrected chi connectivity index (χ1v) is 14.5. The summed E-state index contributed by atoms with van der Waals surface area (Å²) >= 11 is 0. The highest BCUT2D eigenvalue weighted by Gasteiger charge is 2.47. The van der Waals surface area contributed by atoms with Gasteiger partial charge in [-0.1, -0.05) is 44.2 Å². The van der Waals surface area contributed by atoms with Crippen molar-refractivity contribution in [3.63, 3.8) is 0 Å². The third-order valence-corrected chi connectivity index (χ3v) is 9.94. The molecule has 4 aromatic carbocycles. The molecule has 1 heterocycles. The van der Waals surface area contributed by atoms with Gasteiger partial charge in [-0.2, -0.15) is 26.3 Å². The van der Waals surface area contributed by atoms with Crippen LogP contribution in [0.4, 0.5) is 26.3 Å². The minimum atomic E-state index is -5.14. The fraction of sp³-hybridized carbons (Fsp3) is 0.297. The Morgan fingerprint density at radius 1 is 0.591 bits per heavy atom. The van der Waals surface area contributed by atoms with E-state index in [1.54, 1.807) is 19.9 Å². The summed E-state index contributed by atoms with van der Waals surface area (Å²) in [6.07, 6.45) is -10.3. The van der Waals surface area contributed by atoms with Gasteiger partial charge < -0.3 is 4.57 Å². The number of hydrogen-bond donors (Lipinski definition) is 0. The van der Waals surface area contributed by atoms with Gasteiger partial charge in [-0.15, -0.1) is 0 Å². The highest BCUT2D eigenvalue weighted by atomic mass is 19.4. The quantitative estimate of drug-likeness (QED) is 0.176. The van der Waals surface area contributed by atoms with Crippen LogP contribution in [0.2, 0.25) is 0 Å². The Hall–Kier alpha value is -4.00. The van der Waals surface area contributed by atoms with Gasteiger partial charge in [0.15, 0.2) is 0 Å². The molecule has 228 valence electrons. The zero-order valence-corrected chi connectivity index (χ0v) is 25.9. The van der Waals surface area contributed by atoms with Crippen molar-refractivity contribution in [1.82, 2.24) is 4.57 Å². The van der Waals surface area contributed by atoms with Crippen LogP contribution < -0.4 is 0 Å². The van der Waals surface area contributed by atoms with E-state index in [1.807, 2.05) is 24.3 Å². The normalized spacial score (nSPS) is 14.3. The molecule has 0 fully saturated rings. The molecule has 0 saturated carbocycles. The van der Waals surface area contributed by atoms with Gasteiger partial charge in [0.25, 0.3) is 0 Å². The minimum absolute atomic E-state index is 0.194. The van der Waals surface area contributed by atoms with E-state index in [9.17, 15) is 26.3 Å². The second-order valence-corrected chi connectivity index (χ2v) is 12.6. The lowest BCUT2D eigenvalue weighted by molar-refractivity contribution is -0.162. The molecule has 0 saturated heterocycles. The van der Waals surface area contributed by atoms with Crippen LogP contribution in [-0.4, -0.2) is 4.57 Å². The van der Waals surface area contributed by atoms with Crippen LogP contribution in [0.3, 0.4) is 0 Å². The average molecular weight is 606 g/mol. The lowest BCUT2D eigenvalue weighted by atomic mass is 9.79. The van der Waals surface area contributed by atoms with E-state index in [-0.39, 0.29) is 11.1 Å². The predicted molar refractivity (Wildman–Crippen MR) is 165 cm³/mol. The summed E-state index contributed by atoms with van der Waals surface area (Å²) in [6.45, 7) is 14.1. The van der Waals surface area contributed by atoms with Crippen molar-refractivity contribution in [1.29, 1.82) is 0 Å². The van der Waals surface area contributed by atoms with Crippen LogP contribution in [0.1, 0.15) is 63.9 Å². The molecule has 1 nitrogen and oxygen atoms in total. The number of aromatic nitrogens is 1. The Balaban J connectivity index is 1.55. The number of nitrogens with zero attached hydrogens (tertiary/aromatic N) is 1. The molecular weight excluding hydrogens is 572 g/mol. The van der Waals surface area contributed by atoms with Crippen LogP contribution in [0, 0.1) is 34.6 Å². The first kappa shape index (κ1) is 30.0. The van der Waals surface area contributed by atoms with Crippen molar-refractivity contribution in [2.75, 3.05) is 0 Å². The number of rotatable bonds is 2. The average Bonchev–Trinajstić information content (AvgIpc) is 3.33. The fourth-order valence-corrected chi connectivity index (χ4v) is 7.44. The van der Waals surface area contributed by atoms with Gasteiger partial charge in [0.05, 0.1) is 16.8 Å². The molecule has 7 heteroatoms. The smallest absolute Gasteiger partial charge is 0.343 e. The maximum atomic E-state index is 13.8. The highest BCUT2D eigenvalue weighted by Crippen LogP contribution is 2.54. The number of aryl methyl sites for hydroxylation is 2.